The Bertz CT molecular complexity index is 1010. The molecule has 0 saturated carbocycles. The fourth-order valence-electron chi connectivity index (χ4n) is 2.58. The van der Waals surface area contributed by atoms with Crippen molar-refractivity contribution in [2.75, 3.05) is 5.32 Å². The summed E-state index contributed by atoms with van der Waals surface area (Å²) in [4.78, 5) is 20.8. The minimum atomic E-state index is -0.200. The summed E-state index contributed by atoms with van der Waals surface area (Å²) in [5.41, 5.74) is 2.91. The maximum Gasteiger partial charge on any atom is 0.255 e. The number of amides is 1. The number of nitrogens with one attached hydrogen (secondary N) is 1. The third-order valence-electron chi connectivity index (χ3n) is 3.84. The number of hydrogen-bond acceptors (Lipinski definition) is 4. The van der Waals surface area contributed by atoms with Gasteiger partial charge in [0.15, 0.2) is 0 Å². The van der Waals surface area contributed by atoms with E-state index in [4.69, 9.17) is 4.74 Å². The van der Waals surface area contributed by atoms with Gasteiger partial charge in [-0.1, -0.05) is 12.1 Å². The second kappa shape index (κ2) is 7.06. The Morgan fingerprint density at radius 1 is 1.08 bits per heavy atom. The SMILES string of the molecule is O=C(Nc1ccncc1)c1cccc(OCc2cn3ccccc3n2)c1. The monoisotopic (exact) mass is 344 g/mol. The van der Waals surface area contributed by atoms with Crippen LogP contribution >= 0.6 is 0 Å². The normalized spacial score (nSPS) is 10.6. The first kappa shape index (κ1) is 15.8. The van der Waals surface area contributed by atoms with Gasteiger partial charge in [-0.25, -0.2) is 4.98 Å². The van der Waals surface area contributed by atoms with Gasteiger partial charge in [-0.3, -0.25) is 9.78 Å². The molecule has 0 bridgehead atoms. The van der Waals surface area contributed by atoms with E-state index in [1.54, 1.807) is 42.7 Å². The van der Waals surface area contributed by atoms with E-state index in [1.165, 1.54) is 0 Å². The number of hydrogen-bond donors (Lipinski definition) is 1. The van der Waals surface area contributed by atoms with Crippen LogP contribution in [0.3, 0.4) is 0 Å². The highest BCUT2D eigenvalue weighted by atomic mass is 16.5. The van der Waals surface area contributed by atoms with Crippen molar-refractivity contribution in [3.05, 3.63) is 90.6 Å². The van der Waals surface area contributed by atoms with Gasteiger partial charge < -0.3 is 14.5 Å². The molecule has 26 heavy (non-hydrogen) atoms. The van der Waals surface area contributed by atoms with Gasteiger partial charge in [0, 0.05) is 36.0 Å². The van der Waals surface area contributed by atoms with Crippen LogP contribution in [0.25, 0.3) is 5.65 Å². The number of fused-ring (bicyclic) bond motifs is 1. The lowest BCUT2D eigenvalue weighted by atomic mass is 10.2. The van der Waals surface area contributed by atoms with Crippen LogP contribution in [-0.2, 0) is 6.61 Å². The first-order chi connectivity index (χ1) is 12.8. The number of pyridine rings is 2. The summed E-state index contributed by atoms with van der Waals surface area (Å²) >= 11 is 0. The zero-order chi connectivity index (χ0) is 17.8. The Hall–Kier alpha value is -3.67. The van der Waals surface area contributed by atoms with E-state index in [1.807, 2.05) is 41.1 Å². The molecule has 0 fully saturated rings. The summed E-state index contributed by atoms with van der Waals surface area (Å²) in [6.07, 6.45) is 7.12. The zero-order valence-corrected chi connectivity index (χ0v) is 13.9. The molecule has 0 aliphatic heterocycles. The Morgan fingerprint density at radius 3 is 2.81 bits per heavy atom. The average Bonchev–Trinajstić information content (AvgIpc) is 3.10. The summed E-state index contributed by atoms with van der Waals surface area (Å²) in [6, 6.07) is 16.4. The number of carbonyl (C=O) groups is 1. The molecule has 1 amide bonds. The molecular weight excluding hydrogens is 328 g/mol. The lowest BCUT2D eigenvalue weighted by molar-refractivity contribution is 0.102. The molecule has 0 saturated heterocycles. The van der Waals surface area contributed by atoms with E-state index in [2.05, 4.69) is 15.3 Å². The second-order valence-corrected chi connectivity index (χ2v) is 5.70. The smallest absolute Gasteiger partial charge is 0.255 e. The third-order valence-corrected chi connectivity index (χ3v) is 3.84. The van der Waals surface area contributed by atoms with E-state index in [0.29, 0.717) is 23.6 Å². The van der Waals surface area contributed by atoms with Gasteiger partial charge in [-0.15, -0.1) is 0 Å². The van der Waals surface area contributed by atoms with Crippen molar-refractivity contribution in [3.8, 4) is 5.75 Å². The van der Waals surface area contributed by atoms with Crippen LogP contribution in [0.15, 0.2) is 79.4 Å². The molecule has 0 aliphatic rings. The van der Waals surface area contributed by atoms with Gasteiger partial charge in [0.2, 0.25) is 0 Å². The van der Waals surface area contributed by atoms with E-state index < -0.39 is 0 Å². The number of ether oxygens (including phenoxy) is 1. The van der Waals surface area contributed by atoms with Gasteiger partial charge in [0.05, 0.1) is 5.69 Å². The fourth-order valence-corrected chi connectivity index (χ4v) is 2.58. The summed E-state index contributed by atoms with van der Waals surface area (Å²) in [5.74, 6) is 0.416. The van der Waals surface area contributed by atoms with Crippen LogP contribution < -0.4 is 10.1 Å². The minimum absolute atomic E-state index is 0.200. The van der Waals surface area contributed by atoms with Crippen molar-refractivity contribution in [2.45, 2.75) is 6.61 Å². The molecule has 1 aromatic carbocycles. The molecular formula is C20H16N4O2. The topological polar surface area (TPSA) is 68.5 Å². The number of nitrogens with zero attached hydrogens (tertiary/aromatic N) is 3. The number of benzene rings is 1. The molecule has 4 aromatic rings. The molecule has 0 spiro atoms. The number of imidazole rings is 1. The van der Waals surface area contributed by atoms with Crippen LogP contribution in [0.2, 0.25) is 0 Å². The maximum atomic E-state index is 12.4. The highest BCUT2D eigenvalue weighted by molar-refractivity contribution is 6.04. The second-order valence-electron chi connectivity index (χ2n) is 5.70. The van der Waals surface area contributed by atoms with Gasteiger partial charge in [0.1, 0.15) is 18.0 Å². The van der Waals surface area contributed by atoms with Crippen molar-refractivity contribution < 1.29 is 9.53 Å². The van der Waals surface area contributed by atoms with Crippen molar-refractivity contribution in [1.29, 1.82) is 0 Å². The van der Waals surface area contributed by atoms with Crippen molar-refractivity contribution in [3.63, 3.8) is 0 Å². The van der Waals surface area contributed by atoms with E-state index >= 15 is 0 Å². The lowest BCUT2D eigenvalue weighted by Crippen LogP contribution is -2.12. The average molecular weight is 344 g/mol. The Kier molecular flexibility index (Phi) is 4.30. The fraction of sp³-hybridized carbons (Fsp3) is 0.0500. The largest absolute Gasteiger partial charge is 0.487 e. The van der Waals surface area contributed by atoms with Crippen molar-refractivity contribution in [2.24, 2.45) is 0 Å². The van der Waals surface area contributed by atoms with Crippen LogP contribution in [0.5, 0.6) is 5.75 Å². The van der Waals surface area contributed by atoms with E-state index in [-0.39, 0.29) is 5.91 Å². The van der Waals surface area contributed by atoms with Gasteiger partial charge in [0.25, 0.3) is 5.91 Å². The molecule has 0 unspecified atom stereocenters. The molecule has 3 heterocycles. The Morgan fingerprint density at radius 2 is 1.96 bits per heavy atom. The van der Waals surface area contributed by atoms with Gasteiger partial charge in [-0.2, -0.15) is 0 Å². The highest BCUT2D eigenvalue weighted by Gasteiger charge is 2.08. The van der Waals surface area contributed by atoms with Crippen molar-refractivity contribution >= 4 is 17.2 Å². The van der Waals surface area contributed by atoms with Crippen LogP contribution in [0.4, 0.5) is 5.69 Å². The molecule has 0 aliphatic carbocycles. The van der Waals surface area contributed by atoms with Crippen LogP contribution in [0, 0.1) is 0 Å². The number of anilines is 1. The standard InChI is InChI=1S/C20H16N4O2/c25-20(23-16-7-9-21-10-8-16)15-4-3-5-18(12-15)26-14-17-13-24-11-2-1-6-19(24)22-17/h1-13H,14H2,(H,21,23,25). The molecule has 3 aromatic heterocycles. The maximum absolute atomic E-state index is 12.4. The number of carbonyl (C=O) groups excluding carboxylic acids is 1. The molecule has 4 rings (SSSR count). The first-order valence-corrected chi connectivity index (χ1v) is 8.15. The molecule has 6 nitrogen and oxygen atoms in total. The molecule has 0 atom stereocenters. The minimum Gasteiger partial charge on any atom is -0.487 e. The van der Waals surface area contributed by atoms with Gasteiger partial charge >= 0.3 is 0 Å². The number of aromatic nitrogens is 3. The molecule has 6 heteroatoms. The highest BCUT2D eigenvalue weighted by Crippen LogP contribution is 2.17. The van der Waals surface area contributed by atoms with Crippen molar-refractivity contribution in [1.82, 2.24) is 14.4 Å². The zero-order valence-electron chi connectivity index (χ0n) is 13.9. The quantitative estimate of drug-likeness (QED) is 0.601. The molecule has 0 radical (unpaired) electrons. The summed E-state index contributed by atoms with van der Waals surface area (Å²) < 4.78 is 7.74. The Balaban J connectivity index is 1.44. The van der Waals surface area contributed by atoms with Crippen LogP contribution in [0.1, 0.15) is 16.1 Å². The third kappa shape index (κ3) is 3.54. The van der Waals surface area contributed by atoms with E-state index in [9.17, 15) is 4.79 Å². The van der Waals surface area contributed by atoms with Crippen LogP contribution in [-0.4, -0.2) is 20.3 Å². The summed E-state index contributed by atoms with van der Waals surface area (Å²) in [6.45, 7) is 0.330. The molecule has 128 valence electrons. The Labute approximate surface area is 150 Å². The number of rotatable bonds is 5. The van der Waals surface area contributed by atoms with E-state index in [0.717, 1.165) is 11.3 Å². The van der Waals surface area contributed by atoms with Gasteiger partial charge in [-0.05, 0) is 42.5 Å². The molecule has 1 N–H and O–H groups in total. The summed E-state index contributed by atoms with van der Waals surface area (Å²) in [5, 5.41) is 2.83. The first-order valence-electron chi connectivity index (χ1n) is 8.15. The predicted octanol–water partition coefficient (Wildman–Crippen LogP) is 3.56. The summed E-state index contributed by atoms with van der Waals surface area (Å²) in [7, 11) is 0. The predicted molar refractivity (Wildman–Crippen MR) is 98.2 cm³/mol. The lowest BCUT2D eigenvalue weighted by Gasteiger charge is -2.08.